The first-order valence-electron chi connectivity index (χ1n) is 5.82. The summed E-state index contributed by atoms with van der Waals surface area (Å²) in [5, 5.41) is 3.34. The Morgan fingerprint density at radius 3 is 2.53 bits per heavy atom. The maximum absolute atomic E-state index is 11.6. The van der Waals surface area contributed by atoms with Gasteiger partial charge in [0.05, 0.1) is 11.5 Å². The quantitative estimate of drug-likeness (QED) is 0.798. The molecule has 2 unspecified atom stereocenters. The fourth-order valence-corrected chi connectivity index (χ4v) is 4.79. The number of piperazine rings is 1. The van der Waals surface area contributed by atoms with Gasteiger partial charge in [-0.15, -0.1) is 24.8 Å². The molecule has 3 fully saturated rings. The Hall–Kier alpha value is 0.450. The van der Waals surface area contributed by atoms with Crippen LogP contribution in [0.2, 0.25) is 0 Å². The summed E-state index contributed by atoms with van der Waals surface area (Å²) in [5.74, 6) is 1.57. The largest absolute Gasteiger partial charge is 0.310 e. The lowest BCUT2D eigenvalue weighted by molar-refractivity contribution is 0.143. The molecule has 102 valence electrons. The van der Waals surface area contributed by atoms with E-state index >= 15 is 0 Å². The van der Waals surface area contributed by atoms with Crippen LogP contribution in [0, 0.1) is 5.92 Å². The van der Waals surface area contributed by atoms with Gasteiger partial charge in [0.2, 0.25) is 0 Å². The molecule has 4 nitrogen and oxygen atoms in total. The highest BCUT2D eigenvalue weighted by atomic mass is 35.5. The van der Waals surface area contributed by atoms with Crippen LogP contribution in [0.5, 0.6) is 0 Å². The molecule has 2 saturated heterocycles. The smallest absolute Gasteiger partial charge is 0.153 e. The Morgan fingerprint density at radius 2 is 1.88 bits per heavy atom. The van der Waals surface area contributed by atoms with E-state index in [9.17, 15) is 8.42 Å². The van der Waals surface area contributed by atoms with E-state index in [4.69, 9.17) is 0 Å². The van der Waals surface area contributed by atoms with Crippen molar-refractivity contribution in [1.29, 1.82) is 0 Å². The molecule has 17 heavy (non-hydrogen) atoms. The third-order valence-corrected chi connectivity index (χ3v) is 5.50. The summed E-state index contributed by atoms with van der Waals surface area (Å²) in [5.41, 5.74) is 0. The van der Waals surface area contributed by atoms with Gasteiger partial charge in [0.15, 0.2) is 9.84 Å². The van der Waals surface area contributed by atoms with Gasteiger partial charge in [-0.3, -0.25) is 4.90 Å². The van der Waals surface area contributed by atoms with E-state index in [2.05, 4.69) is 10.2 Å². The first kappa shape index (κ1) is 15.5. The van der Waals surface area contributed by atoms with Crippen molar-refractivity contribution >= 4 is 34.7 Å². The second kappa shape index (κ2) is 5.61. The summed E-state index contributed by atoms with van der Waals surface area (Å²) < 4.78 is 23.2. The van der Waals surface area contributed by atoms with Crippen LogP contribution in [0.1, 0.15) is 12.8 Å². The van der Waals surface area contributed by atoms with Gasteiger partial charge in [0, 0.05) is 31.7 Å². The van der Waals surface area contributed by atoms with Crippen molar-refractivity contribution < 1.29 is 8.42 Å². The Balaban J connectivity index is 0.000000722. The molecule has 2 heterocycles. The number of sulfone groups is 1. The van der Waals surface area contributed by atoms with Gasteiger partial charge in [-0.25, -0.2) is 8.42 Å². The van der Waals surface area contributed by atoms with Gasteiger partial charge < -0.3 is 5.32 Å². The van der Waals surface area contributed by atoms with Crippen molar-refractivity contribution in [3.8, 4) is 0 Å². The van der Waals surface area contributed by atoms with E-state index in [-0.39, 0.29) is 36.9 Å². The van der Waals surface area contributed by atoms with Crippen molar-refractivity contribution in [1.82, 2.24) is 10.2 Å². The van der Waals surface area contributed by atoms with E-state index in [1.165, 1.54) is 12.8 Å². The zero-order valence-electron chi connectivity index (χ0n) is 9.67. The molecule has 0 spiro atoms. The number of nitrogens with zero attached hydrogens (tertiary/aromatic N) is 1. The molecule has 0 aromatic heterocycles. The van der Waals surface area contributed by atoms with Crippen LogP contribution in [-0.4, -0.2) is 56.5 Å². The number of hydrogen-bond acceptors (Lipinski definition) is 4. The zero-order valence-corrected chi connectivity index (χ0v) is 12.1. The van der Waals surface area contributed by atoms with Crippen molar-refractivity contribution in [2.75, 3.05) is 31.1 Å². The number of hydrogen-bond donors (Lipinski definition) is 1. The number of halogens is 2. The molecule has 2 aliphatic heterocycles. The van der Waals surface area contributed by atoms with Gasteiger partial charge in [0.1, 0.15) is 0 Å². The Labute approximate surface area is 115 Å². The van der Waals surface area contributed by atoms with E-state index in [1.807, 2.05) is 0 Å². The Bertz CT molecular complexity index is 359. The summed E-state index contributed by atoms with van der Waals surface area (Å²) in [6, 6.07) is 0.451. The topological polar surface area (TPSA) is 49.4 Å². The molecule has 3 aliphatic rings. The molecule has 0 aromatic rings. The highest BCUT2D eigenvalue weighted by Crippen LogP contribution is 2.32. The molecule has 0 bridgehead atoms. The fourth-order valence-electron chi connectivity index (χ4n) is 2.80. The van der Waals surface area contributed by atoms with Gasteiger partial charge in [-0.05, 0) is 18.8 Å². The average Bonchev–Trinajstić information content (AvgIpc) is 2.88. The van der Waals surface area contributed by atoms with Crippen molar-refractivity contribution in [2.24, 2.45) is 5.92 Å². The number of rotatable bonds is 2. The van der Waals surface area contributed by atoms with Gasteiger partial charge in [-0.2, -0.15) is 0 Å². The van der Waals surface area contributed by atoms with Gasteiger partial charge in [0.25, 0.3) is 0 Å². The number of fused-ring (bicyclic) bond motifs is 1. The standard InChI is InChI=1S/C10H18N2O2S.2ClH/c13-15(14)6-9-10(7-15)12(4-3-11-9)5-8-1-2-8;;/h8-11H,1-7H2;2*1H. The Kier molecular flexibility index (Phi) is 5.12. The Morgan fingerprint density at radius 1 is 1.18 bits per heavy atom. The third-order valence-electron chi connectivity index (χ3n) is 3.79. The third kappa shape index (κ3) is 3.47. The average molecular weight is 303 g/mol. The minimum absolute atomic E-state index is 0. The predicted octanol–water partition coefficient (Wildman–Crippen LogP) is 0.311. The van der Waals surface area contributed by atoms with Crippen LogP contribution in [0.3, 0.4) is 0 Å². The minimum atomic E-state index is -2.78. The summed E-state index contributed by atoms with van der Waals surface area (Å²) in [4.78, 5) is 2.41. The minimum Gasteiger partial charge on any atom is -0.310 e. The molecule has 0 amide bonds. The molecule has 7 heteroatoms. The molecule has 1 N–H and O–H groups in total. The first-order chi connectivity index (χ1) is 7.14. The lowest BCUT2D eigenvalue weighted by atomic mass is 10.1. The van der Waals surface area contributed by atoms with E-state index in [0.29, 0.717) is 11.5 Å². The lowest BCUT2D eigenvalue weighted by Crippen LogP contribution is -2.57. The normalized spacial score (nSPS) is 35.5. The summed E-state index contributed by atoms with van der Waals surface area (Å²) >= 11 is 0. The molecule has 0 radical (unpaired) electrons. The second-order valence-corrected chi connectivity index (χ2v) is 7.30. The molecule has 2 atom stereocenters. The highest BCUT2D eigenvalue weighted by molar-refractivity contribution is 7.91. The molecule has 1 saturated carbocycles. The van der Waals surface area contributed by atoms with E-state index in [0.717, 1.165) is 25.6 Å². The lowest BCUT2D eigenvalue weighted by Gasteiger charge is -2.37. The van der Waals surface area contributed by atoms with E-state index in [1.54, 1.807) is 0 Å². The van der Waals surface area contributed by atoms with Crippen molar-refractivity contribution in [3.05, 3.63) is 0 Å². The SMILES string of the molecule is Cl.Cl.O=S1(=O)CC2NCCN(CC3CC3)C2C1. The van der Waals surface area contributed by atoms with E-state index < -0.39 is 9.84 Å². The summed E-state index contributed by atoms with van der Waals surface area (Å²) in [6.45, 7) is 3.09. The van der Waals surface area contributed by atoms with Crippen LogP contribution >= 0.6 is 24.8 Å². The maximum atomic E-state index is 11.6. The zero-order chi connectivity index (χ0) is 10.5. The fraction of sp³-hybridized carbons (Fsp3) is 1.00. The van der Waals surface area contributed by atoms with Crippen molar-refractivity contribution in [3.63, 3.8) is 0 Å². The summed E-state index contributed by atoms with van der Waals surface area (Å²) in [7, 11) is -2.78. The number of nitrogens with one attached hydrogen (secondary N) is 1. The van der Waals surface area contributed by atoms with Gasteiger partial charge in [-0.1, -0.05) is 0 Å². The summed E-state index contributed by atoms with van der Waals surface area (Å²) in [6.07, 6.45) is 2.68. The van der Waals surface area contributed by atoms with Crippen molar-refractivity contribution in [2.45, 2.75) is 24.9 Å². The van der Waals surface area contributed by atoms with Crippen LogP contribution < -0.4 is 5.32 Å². The van der Waals surface area contributed by atoms with Crippen LogP contribution in [0.15, 0.2) is 0 Å². The molecular weight excluding hydrogens is 283 g/mol. The molecule has 0 aromatic carbocycles. The molecule has 1 aliphatic carbocycles. The van der Waals surface area contributed by atoms with Crippen LogP contribution in [-0.2, 0) is 9.84 Å². The molecular formula is C10H20Cl2N2O2S. The highest BCUT2D eigenvalue weighted by Gasteiger charge is 2.43. The molecule has 3 rings (SSSR count). The first-order valence-corrected chi connectivity index (χ1v) is 7.64. The monoisotopic (exact) mass is 302 g/mol. The predicted molar refractivity (Wildman–Crippen MR) is 73.0 cm³/mol. The second-order valence-electron chi connectivity index (χ2n) is 5.14. The van der Waals surface area contributed by atoms with Crippen LogP contribution in [0.25, 0.3) is 0 Å². The van der Waals surface area contributed by atoms with Gasteiger partial charge >= 0.3 is 0 Å². The maximum Gasteiger partial charge on any atom is 0.153 e. The van der Waals surface area contributed by atoms with Crippen LogP contribution in [0.4, 0.5) is 0 Å².